The Hall–Kier alpha value is -1.23. The van der Waals surface area contributed by atoms with Gasteiger partial charge in [-0.1, -0.05) is 6.92 Å². The van der Waals surface area contributed by atoms with Crippen LogP contribution in [0.2, 0.25) is 0 Å². The van der Waals surface area contributed by atoms with Crippen molar-refractivity contribution in [3.63, 3.8) is 0 Å². The van der Waals surface area contributed by atoms with E-state index < -0.39 is 17.5 Å². The van der Waals surface area contributed by atoms with Crippen molar-refractivity contribution >= 4 is 5.69 Å². The third-order valence-electron chi connectivity index (χ3n) is 3.49. The Morgan fingerprint density at radius 2 is 1.89 bits per heavy atom. The molecular formula is C14H19F3N2. The number of piperidine rings is 1. The van der Waals surface area contributed by atoms with Crippen molar-refractivity contribution in [1.82, 2.24) is 5.32 Å². The highest BCUT2D eigenvalue weighted by Gasteiger charge is 2.22. The van der Waals surface area contributed by atoms with Crippen LogP contribution < -0.4 is 10.2 Å². The first-order chi connectivity index (χ1) is 9.11. The normalized spacial score (nSPS) is 16.9. The molecule has 1 heterocycles. The maximum Gasteiger partial charge on any atom is 0.182 e. The van der Waals surface area contributed by atoms with Gasteiger partial charge in [0, 0.05) is 31.3 Å². The third-order valence-corrected chi connectivity index (χ3v) is 3.49. The van der Waals surface area contributed by atoms with Crippen LogP contribution in [0.4, 0.5) is 18.9 Å². The Bertz CT molecular complexity index is 429. The van der Waals surface area contributed by atoms with Crippen LogP contribution in [0, 0.1) is 17.5 Å². The first-order valence-electron chi connectivity index (χ1n) is 6.74. The maximum absolute atomic E-state index is 13.7. The summed E-state index contributed by atoms with van der Waals surface area (Å²) in [6.07, 6.45) is 2.79. The van der Waals surface area contributed by atoms with Crippen molar-refractivity contribution < 1.29 is 13.2 Å². The molecule has 5 heteroatoms. The van der Waals surface area contributed by atoms with Gasteiger partial charge in [-0.2, -0.15) is 0 Å². The molecule has 0 atom stereocenters. The van der Waals surface area contributed by atoms with E-state index in [2.05, 4.69) is 12.2 Å². The summed E-state index contributed by atoms with van der Waals surface area (Å²) >= 11 is 0. The highest BCUT2D eigenvalue weighted by Crippen LogP contribution is 2.26. The summed E-state index contributed by atoms with van der Waals surface area (Å²) in [5, 5.41) is 3.41. The van der Waals surface area contributed by atoms with Crippen LogP contribution in [-0.2, 0) is 0 Å². The SMILES string of the molecule is CCCNC1CCN(c2cc(F)cc(F)c2F)CC1. The molecule has 1 fully saturated rings. The molecule has 0 spiro atoms. The number of hydrogen-bond acceptors (Lipinski definition) is 2. The fourth-order valence-electron chi connectivity index (χ4n) is 2.45. The smallest absolute Gasteiger partial charge is 0.182 e. The molecule has 106 valence electrons. The zero-order chi connectivity index (χ0) is 13.8. The Morgan fingerprint density at radius 3 is 2.53 bits per heavy atom. The molecule has 0 radical (unpaired) electrons. The van der Waals surface area contributed by atoms with Gasteiger partial charge in [-0.3, -0.25) is 0 Å². The molecule has 0 bridgehead atoms. The largest absolute Gasteiger partial charge is 0.369 e. The zero-order valence-corrected chi connectivity index (χ0v) is 11.1. The van der Waals surface area contributed by atoms with Crippen molar-refractivity contribution in [2.45, 2.75) is 32.2 Å². The molecule has 2 rings (SSSR count). The summed E-state index contributed by atoms with van der Waals surface area (Å²) in [5.41, 5.74) is 0.0337. The quantitative estimate of drug-likeness (QED) is 0.847. The van der Waals surface area contributed by atoms with Gasteiger partial charge in [-0.15, -0.1) is 0 Å². The monoisotopic (exact) mass is 272 g/mol. The van der Waals surface area contributed by atoms with Crippen LogP contribution in [0.3, 0.4) is 0 Å². The Labute approximate surface area is 111 Å². The first kappa shape index (κ1) is 14.2. The van der Waals surface area contributed by atoms with E-state index in [0.29, 0.717) is 25.2 Å². The predicted molar refractivity (Wildman–Crippen MR) is 69.8 cm³/mol. The van der Waals surface area contributed by atoms with E-state index >= 15 is 0 Å². The molecule has 0 aliphatic carbocycles. The highest BCUT2D eigenvalue weighted by atomic mass is 19.2. The fourth-order valence-corrected chi connectivity index (χ4v) is 2.45. The lowest BCUT2D eigenvalue weighted by Gasteiger charge is -2.34. The van der Waals surface area contributed by atoms with Gasteiger partial charge in [0.05, 0.1) is 5.69 Å². The second-order valence-electron chi connectivity index (χ2n) is 4.94. The summed E-state index contributed by atoms with van der Waals surface area (Å²) in [7, 11) is 0. The summed E-state index contributed by atoms with van der Waals surface area (Å²) in [4.78, 5) is 1.71. The van der Waals surface area contributed by atoms with Crippen LogP contribution in [0.1, 0.15) is 26.2 Å². The number of benzene rings is 1. The van der Waals surface area contributed by atoms with E-state index in [-0.39, 0.29) is 5.69 Å². The van der Waals surface area contributed by atoms with E-state index in [9.17, 15) is 13.2 Å². The summed E-state index contributed by atoms with van der Waals surface area (Å²) < 4.78 is 40.0. The standard InChI is InChI=1S/C14H19F3N2/c1-2-5-18-11-3-6-19(7-4-11)13-9-10(15)8-12(16)14(13)17/h8-9,11,18H,2-7H2,1H3. The molecule has 1 aliphatic rings. The van der Waals surface area contributed by atoms with E-state index in [1.807, 2.05) is 0 Å². The van der Waals surface area contributed by atoms with Gasteiger partial charge in [-0.05, 0) is 25.8 Å². The molecular weight excluding hydrogens is 253 g/mol. The van der Waals surface area contributed by atoms with Crippen molar-refractivity contribution in [3.05, 3.63) is 29.6 Å². The molecule has 2 nitrogen and oxygen atoms in total. The number of nitrogens with one attached hydrogen (secondary N) is 1. The van der Waals surface area contributed by atoms with Crippen molar-refractivity contribution in [2.75, 3.05) is 24.5 Å². The Balaban J connectivity index is 2.01. The lowest BCUT2D eigenvalue weighted by atomic mass is 10.0. The van der Waals surface area contributed by atoms with Gasteiger partial charge in [0.25, 0.3) is 0 Å². The average Bonchev–Trinajstić information content (AvgIpc) is 2.41. The van der Waals surface area contributed by atoms with Crippen LogP contribution in [0.15, 0.2) is 12.1 Å². The molecule has 0 amide bonds. The fraction of sp³-hybridized carbons (Fsp3) is 0.571. The topological polar surface area (TPSA) is 15.3 Å². The van der Waals surface area contributed by atoms with Crippen LogP contribution in [0.5, 0.6) is 0 Å². The molecule has 0 saturated carbocycles. The Morgan fingerprint density at radius 1 is 1.21 bits per heavy atom. The van der Waals surface area contributed by atoms with Crippen molar-refractivity contribution in [1.29, 1.82) is 0 Å². The third kappa shape index (κ3) is 3.41. The number of rotatable bonds is 4. The second-order valence-corrected chi connectivity index (χ2v) is 4.94. The molecule has 1 N–H and O–H groups in total. The van der Waals surface area contributed by atoms with Gasteiger partial charge < -0.3 is 10.2 Å². The lowest BCUT2D eigenvalue weighted by molar-refractivity contribution is 0.410. The van der Waals surface area contributed by atoms with Crippen LogP contribution in [0.25, 0.3) is 0 Å². The van der Waals surface area contributed by atoms with E-state index in [0.717, 1.165) is 31.9 Å². The van der Waals surface area contributed by atoms with Gasteiger partial charge in [-0.25, -0.2) is 13.2 Å². The minimum atomic E-state index is -1.12. The Kier molecular flexibility index (Phi) is 4.69. The number of halogens is 3. The predicted octanol–water partition coefficient (Wildman–Crippen LogP) is 3.07. The van der Waals surface area contributed by atoms with Gasteiger partial charge in [0.15, 0.2) is 11.6 Å². The van der Waals surface area contributed by atoms with Gasteiger partial charge in [0.2, 0.25) is 0 Å². The zero-order valence-electron chi connectivity index (χ0n) is 11.1. The summed E-state index contributed by atoms with van der Waals surface area (Å²) in [5.74, 6) is -2.82. The van der Waals surface area contributed by atoms with E-state index in [4.69, 9.17) is 0 Å². The molecule has 19 heavy (non-hydrogen) atoms. The molecule has 1 aromatic rings. The molecule has 1 aliphatic heterocycles. The van der Waals surface area contributed by atoms with Crippen LogP contribution in [-0.4, -0.2) is 25.7 Å². The highest BCUT2D eigenvalue weighted by molar-refractivity contribution is 5.49. The van der Waals surface area contributed by atoms with Crippen LogP contribution >= 0.6 is 0 Å². The molecule has 1 saturated heterocycles. The second kappa shape index (κ2) is 6.28. The van der Waals surface area contributed by atoms with Crippen molar-refractivity contribution in [2.24, 2.45) is 0 Å². The number of hydrogen-bond donors (Lipinski definition) is 1. The summed E-state index contributed by atoms with van der Waals surface area (Å²) in [6.45, 7) is 4.29. The minimum absolute atomic E-state index is 0.0337. The van der Waals surface area contributed by atoms with Crippen molar-refractivity contribution in [3.8, 4) is 0 Å². The maximum atomic E-state index is 13.7. The van der Waals surface area contributed by atoms with Gasteiger partial charge >= 0.3 is 0 Å². The number of nitrogens with zero attached hydrogens (tertiary/aromatic N) is 1. The average molecular weight is 272 g/mol. The molecule has 0 aromatic heterocycles. The van der Waals surface area contributed by atoms with Gasteiger partial charge in [0.1, 0.15) is 5.82 Å². The van der Waals surface area contributed by atoms with E-state index in [1.54, 1.807) is 4.90 Å². The number of anilines is 1. The summed E-state index contributed by atoms with van der Waals surface area (Å²) in [6, 6.07) is 2.06. The molecule has 0 unspecified atom stereocenters. The minimum Gasteiger partial charge on any atom is -0.369 e. The first-order valence-corrected chi connectivity index (χ1v) is 6.74. The molecule has 1 aromatic carbocycles. The van der Waals surface area contributed by atoms with E-state index in [1.165, 1.54) is 0 Å². The lowest BCUT2D eigenvalue weighted by Crippen LogP contribution is -2.43.